The van der Waals surface area contributed by atoms with Crippen molar-refractivity contribution < 1.29 is 9.84 Å². The highest BCUT2D eigenvalue weighted by atomic mass is 16.5. The number of likely N-dealkylation sites (tertiary alicyclic amines) is 1. The van der Waals surface area contributed by atoms with Crippen LogP contribution in [0.5, 0.6) is 5.75 Å². The van der Waals surface area contributed by atoms with Crippen LogP contribution in [0.3, 0.4) is 0 Å². The lowest BCUT2D eigenvalue weighted by atomic mass is 9.81. The van der Waals surface area contributed by atoms with E-state index in [1.54, 1.807) is 0 Å². The maximum absolute atomic E-state index is 10.4. The summed E-state index contributed by atoms with van der Waals surface area (Å²) in [6.45, 7) is 7.85. The molecule has 1 spiro atoms. The molecule has 3 rings (SSSR count). The molecule has 2 aliphatic rings. The Balaban J connectivity index is 1.71. The topological polar surface area (TPSA) is 32.7 Å². The van der Waals surface area contributed by atoms with Crippen molar-refractivity contribution in [2.75, 3.05) is 19.6 Å². The van der Waals surface area contributed by atoms with Crippen LogP contribution in [-0.2, 0) is 0 Å². The van der Waals surface area contributed by atoms with Crippen LogP contribution in [0.4, 0.5) is 0 Å². The summed E-state index contributed by atoms with van der Waals surface area (Å²) in [6.07, 6.45) is 2.40. The Hall–Kier alpha value is -1.06. The predicted octanol–water partition coefficient (Wildman–Crippen LogP) is 2.99. The number of piperidine rings is 1. The summed E-state index contributed by atoms with van der Waals surface area (Å²) < 4.78 is 6.30. The number of benzene rings is 1. The lowest BCUT2D eigenvalue weighted by molar-refractivity contribution is -0.0551. The summed E-state index contributed by atoms with van der Waals surface area (Å²) in [6, 6.07) is 7.91. The van der Waals surface area contributed by atoms with Crippen LogP contribution in [-0.4, -0.2) is 35.2 Å². The van der Waals surface area contributed by atoms with Crippen LogP contribution in [0.1, 0.15) is 44.8 Å². The second kappa shape index (κ2) is 5.38. The average molecular weight is 275 g/mol. The first-order valence-electron chi connectivity index (χ1n) is 7.76. The van der Waals surface area contributed by atoms with Gasteiger partial charge in [-0.25, -0.2) is 0 Å². The Labute approximate surface area is 121 Å². The van der Waals surface area contributed by atoms with Crippen LogP contribution in [0.25, 0.3) is 0 Å². The predicted molar refractivity (Wildman–Crippen MR) is 79.9 cm³/mol. The summed E-state index contributed by atoms with van der Waals surface area (Å²) >= 11 is 0. The van der Waals surface area contributed by atoms with Gasteiger partial charge in [0.05, 0.1) is 6.10 Å². The number of nitrogens with zero attached hydrogens (tertiary/aromatic N) is 1. The number of hydrogen-bond donors (Lipinski definition) is 1. The van der Waals surface area contributed by atoms with E-state index in [1.807, 2.05) is 24.3 Å². The first-order valence-corrected chi connectivity index (χ1v) is 7.76. The summed E-state index contributed by atoms with van der Waals surface area (Å²) in [5, 5.41) is 10.4. The van der Waals surface area contributed by atoms with E-state index in [0.29, 0.717) is 5.92 Å². The van der Waals surface area contributed by atoms with Gasteiger partial charge in [0.2, 0.25) is 0 Å². The van der Waals surface area contributed by atoms with E-state index in [1.165, 1.54) is 0 Å². The van der Waals surface area contributed by atoms with Gasteiger partial charge < -0.3 is 14.7 Å². The van der Waals surface area contributed by atoms with E-state index in [9.17, 15) is 5.11 Å². The van der Waals surface area contributed by atoms with Gasteiger partial charge in [-0.1, -0.05) is 32.0 Å². The van der Waals surface area contributed by atoms with Gasteiger partial charge in [-0.15, -0.1) is 0 Å². The number of para-hydroxylation sites is 1. The molecule has 2 heterocycles. The smallest absolute Gasteiger partial charge is 0.125 e. The Morgan fingerprint density at radius 3 is 2.70 bits per heavy atom. The van der Waals surface area contributed by atoms with Gasteiger partial charge in [0, 0.05) is 31.6 Å². The number of fused-ring (bicyclic) bond motifs is 1. The average Bonchev–Trinajstić information content (AvgIpc) is 2.41. The Morgan fingerprint density at radius 1 is 1.30 bits per heavy atom. The summed E-state index contributed by atoms with van der Waals surface area (Å²) in [7, 11) is 0. The fraction of sp³-hybridized carbons (Fsp3) is 0.647. The highest BCUT2D eigenvalue weighted by molar-refractivity contribution is 5.38. The van der Waals surface area contributed by atoms with E-state index in [-0.39, 0.29) is 11.7 Å². The minimum absolute atomic E-state index is 0.152. The SMILES string of the molecule is CC(C)CN1CCC2(CC1)C[C@H](O)c1ccccc1O2. The number of aliphatic hydroxyl groups is 1. The van der Waals surface area contributed by atoms with E-state index in [2.05, 4.69) is 18.7 Å². The minimum atomic E-state index is -0.378. The molecule has 2 aliphatic heterocycles. The molecule has 1 atom stereocenters. The molecule has 0 aromatic heterocycles. The van der Waals surface area contributed by atoms with Crippen LogP contribution >= 0.6 is 0 Å². The zero-order valence-electron chi connectivity index (χ0n) is 12.5. The van der Waals surface area contributed by atoms with E-state index in [0.717, 1.165) is 50.2 Å². The first-order chi connectivity index (χ1) is 9.58. The number of rotatable bonds is 2. The van der Waals surface area contributed by atoms with Gasteiger partial charge in [-0.3, -0.25) is 0 Å². The molecule has 0 bridgehead atoms. The second-order valence-electron chi connectivity index (χ2n) is 6.74. The molecule has 0 saturated carbocycles. The van der Waals surface area contributed by atoms with Crippen LogP contribution < -0.4 is 4.74 Å². The largest absolute Gasteiger partial charge is 0.487 e. The zero-order valence-corrected chi connectivity index (χ0v) is 12.5. The fourth-order valence-corrected chi connectivity index (χ4v) is 3.55. The lowest BCUT2D eigenvalue weighted by Crippen LogP contribution is -2.51. The third-order valence-corrected chi connectivity index (χ3v) is 4.56. The molecule has 1 aromatic carbocycles. The molecule has 1 fully saturated rings. The van der Waals surface area contributed by atoms with Gasteiger partial charge in [0.15, 0.2) is 0 Å². The Bertz CT molecular complexity index is 464. The molecule has 0 unspecified atom stereocenters. The van der Waals surface area contributed by atoms with Crippen LogP contribution in [0.2, 0.25) is 0 Å². The molecule has 0 radical (unpaired) electrons. The molecule has 1 N–H and O–H groups in total. The van der Waals surface area contributed by atoms with Crippen molar-refractivity contribution in [2.45, 2.75) is 44.8 Å². The molecule has 110 valence electrons. The molecule has 0 aliphatic carbocycles. The normalized spacial score (nSPS) is 25.5. The monoisotopic (exact) mass is 275 g/mol. The maximum Gasteiger partial charge on any atom is 0.125 e. The molecular formula is C17H25NO2. The zero-order chi connectivity index (χ0) is 14.2. The second-order valence-corrected chi connectivity index (χ2v) is 6.74. The molecule has 1 saturated heterocycles. The van der Waals surface area contributed by atoms with Crippen LogP contribution in [0.15, 0.2) is 24.3 Å². The molecule has 0 amide bonds. The summed E-state index contributed by atoms with van der Waals surface area (Å²) in [5.41, 5.74) is 0.795. The molecule has 3 heteroatoms. The lowest BCUT2D eigenvalue weighted by Gasteiger charge is -2.46. The van der Waals surface area contributed by atoms with Crippen molar-refractivity contribution in [3.63, 3.8) is 0 Å². The molecule has 20 heavy (non-hydrogen) atoms. The van der Waals surface area contributed by atoms with Gasteiger partial charge in [-0.2, -0.15) is 0 Å². The number of hydrogen-bond acceptors (Lipinski definition) is 3. The third kappa shape index (κ3) is 2.70. The number of aliphatic hydroxyl groups excluding tert-OH is 1. The van der Waals surface area contributed by atoms with E-state index >= 15 is 0 Å². The van der Waals surface area contributed by atoms with Crippen molar-refractivity contribution >= 4 is 0 Å². The highest BCUT2D eigenvalue weighted by Gasteiger charge is 2.42. The number of ether oxygens (including phenoxy) is 1. The standard InChI is InChI=1S/C17H25NO2/c1-13(2)12-18-9-7-17(8-10-18)11-15(19)14-5-3-4-6-16(14)20-17/h3-6,13,15,19H,7-12H2,1-2H3/t15-/m0/s1. The van der Waals surface area contributed by atoms with Crippen LogP contribution in [0, 0.1) is 5.92 Å². The molecule has 1 aromatic rings. The maximum atomic E-state index is 10.4. The fourth-order valence-electron chi connectivity index (χ4n) is 3.55. The van der Waals surface area contributed by atoms with E-state index < -0.39 is 0 Å². The third-order valence-electron chi connectivity index (χ3n) is 4.56. The van der Waals surface area contributed by atoms with Gasteiger partial charge in [0.25, 0.3) is 0 Å². The Kier molecular flexibility index (Phi) is 3.74. The quantitative estimate of drug-likeness (QED) is 0.900. The minimum Gasteiger partial charge on any atom is -0.487 e. The van der Waals surface area contributed by atoms with Crippen molar-refractivity contribution in [3.05, 3.63) is 29.8 Å². The molecular weight excluding hydrogens is 250 g/mol. The summed E-state index contributed by atoms with van der Waals surface area (Å²) in [5.74, 6) is 1.59. The van der Waals surface area contributed by atoms with E-state index in [4.69, 9.17) is 4.74 Å². The summed E-state index contributed by atoms with van der Waals surface area (Å²) in [4.78, 5) is 2.52. The van der Waals surface area contributed by atoms with Crippen molar-refractivity contribution in [3.8, 4) is 5.75 Å². The van der Waals surface area contributed by atoms with Gasteiger partial charge >= 0.3 is 0 Å². The Morgan fingerprint density at radius 2 is 2.00 bits per heavy atom. The van der Waals surface area contributed by atoms with Crippen molar-refractivity contribution in [1.29, 1.82) is 0 Å². The molecule has 3 nitrogen and oxygen atoms in total. The van der Waals surface area contributed by atoms with Gasteiger partial charge in [0.1, 0.15) is 11.4 Å². The van der Waals surface area contributed by atoms with Gasteiger partial charge in [-0.05, 0) is 24.8 Å². The first kappa shape index (κ1) is 13.9. The highest BCUT2D eigenvalue weighted by Crippen LogP contribution is 2.44. The van der Waals surface area contributed by atoms with Crippen molar-refractivity contribution in [2.24, 2.45) is 5.92 Å². The van der Waals surface area contributed by atoms with Crippen molar-refractivity contribution in [1.82, 2.24) is 4.90 Å².